The van der Waals surface area contributed by atoms with Gasteiger partial charge < -0.3 is 14.5 Å². The number of para-hydroxylation sites is 1. The van der Waals surface area contributed by atoms with E-state index in [1.807, 2.05) is 54.6 Å². The monoisotopic (exact) mass is 418 g/mol. The number of nitrogens with one attached hydrogen (secondary N) is 1. The number of rotatable bonds is 6. The molecule has 1 heterocycles. The Bertz CT molecular complexity index is 1170. The quantitative estimate of drug-likeness (QED) is 0.442. The van der Waals surface area contributed by atoms with Crippen molar-refractivity contribution in [3.05, 3.63) is 95.1 Å². The highest BCUT2D eigenvalue weighted by Gasteiger charge is 2.17. The third-order valence-electron chi connectivity index (χ3n) is 4.67. The minimum atomic E-state index is -0.220. The van der Waals surface area contributed by atoms with Gasteiger partial charge in [0.25, 0.3) is 5.91 Å². The van der Waals surface area contributed by atoms with Crippen LogP contribution in [0.3, 0.4) is 0 Å². The summed E-state index contributed by atoms with van der Waals surface area (Å²) >= 11 is 5.95. The Hall–Kier alpha value is -3.57. The number of benzene rings is 3. The van der Waals surface area contributed by atoms with E-state index in [0.717, 1.165) is 16.9 Å². The van der Waals surface area contributed by atoms with Crippen LogP contribution in [0.1, 0.15) is 15.9 Å². The van der Waals surface area contributed by atoms with Crippen LogP contribution in [0.15, 0.2) is 83.4 Å². The average molecular weight is 419 g/mol. The summed E-state index contributed by atoms with van der Waals surface area (Å²) in [4.78, 5) is 17.3. The van der Waals surface area contributed by atoms with Gasteiger partial charge in [-0.3, -0.25) is 4.79 Å². The van der Waals surface area contributed by atoms with Crippen LogP contribution in [-0.2, 0) is 6.54 Å². The lowest BCUT2D eigenvalue weighted by Crippen LogP contribution is -2.23. The molecule has 0 aliphatic heterocycles. The fraction of sp³-hybridized carbons (Fsp3) is 0.0833. The van der Waals surface area contributed by atoms with Crippen molar-refractivity contribution < 1.29 is 13.9 Å². The number of carbonyl (C=O) groups excluding carboxylic acids is 1. The number of hydrogen-bond donors (Lipinski definition) is 1. The maximum absolute atomic E-state index is 12.9. The molecule has 5 nitrogen and oxygen atoms in total. The summed E-state index contributed by atoms with van der Waals surface area (Å²) in [6, 6.07) is 22.1. The molecule has 1 N–H and O–H groups in total. The van der Waals surface area contributed by atoms with Crippen LogP contribution in [0, 0.1) is 0 Å². The third kappa shape index (κ3) is 4.21. The Morgan fingerprint density at radius 2 is 1.77 bits per heavy atom. The Balaban J connectivity index is 1.57. The van der Waals surface area contributed by atoms with Gasteiger partial charge in [-0.05, 0) is 42.5 Å². The summed E-state index contributed by atoms with van der Waals surface area (Å²) in [6.45, 7) is 0.346. The predicted octanol–water partition coefficient (Wildman–Crippen LogP) is 5.60. The zero-order valence-corrected chi connectivity index (χ0v) is 17.0. The van der Waals surface area contributed by atoms with Gasteiger partial charge in [-0.25, -0.2) is 4.98 Å². The topological polar surface area (TPSA) is 64.4 Å². The zero-order chi connectivity index (χ0) is 20.9. The lowest BCUT2D eigenvalue weighted by atomic mass is 10.1. The highest BCUT2D eigenvalue weighted by Crippen LogP contribution is 2.29. The van der Waals surface area contributed by atoms with Crippen molar-refractivity contribution in [1.82, 2.24) is 10.3 Å². The van der Waals surface area contributed by atoms with E-state index < -0.39 is 0 Å². The molecule has 1 aromatic heterocycles. The molecule has 4 aromatic rings. The lowest BCUT2D eigenvalue weighted by molar-refractivity contribution is 0.0951. The summed E-state index contributed by atoms with van der Waals surface area (Å²) < 4.78 is 11.3. The highest BCUT2D eigenvalue weighted by molar-refractivity contribution is 6.30. The molecule has 0 radical (unpaired) electrons. The van der Waals surface area contributed by atoms with E-state index in [0.29, 0.717) is 34.3 Å². The van der Waals surface area contributed by atoms with Gasteiger partial charge in [-0.2, -0.15) is 0 Å². The van der Waals surface area contributed by atoms with Gasteiger partial charge in [0.2, 0.25) is 5.89 Å². The van der Waals surface area contributed by atoms with Crippen LogP contribution < -0.4 is 10.1 Å². The molecule has 0 saturated heterocycles. The molecule has 6 heteroatoms. The van der Waals surface area contributed by atoms with Gasteiger partial charge in [0.1, 0.15) is 5.75 Å². The molecule has 3 aromatic carbocycles. The second kappa shape index (κ2) is 8.84. The second-order valence-electron chi connectivity index (χ2n) is 6.58. The minimum Gasteiger partial charge on any atom is -0.496 e. The number of aromatic nitrogens is 1. The van der Waals surface area contributed by atoms with Crippen LogP contribution in [0.25, 0.3) is 22.8 Å². The van der Waals surface area contributed by atoms with E-state index in [1.165, 1.54) is 0 Å². The average Bonchev–Trinajstić information content (AvgIpc) is 3.28. The highest BCUT2D eigenvalue weighted by atomic mass is 35.5. The largest absolute Gasteiger partial charge is 0.496 e. The van der Waals surface area contributed by atoms with Crippen molar-refractivity contribution in [2.75, 3.05) is 7.11 Å². The Morgan fingerprint density at radius 3 is 2.57 bits per heavy atom. The van der Waals surface area contributed by atoms with Crippen LogP contribution >= 0.6 is 11.6 Å². The number of hydrogen-bond acceptors (Lipinski definition) is 4. The van der Waals surface area contributed by atoms with Crippen molar-refractivity contribution in [3.8, 4) is 28.5 Å². The van der Waals surface area contributed by atoms with Crippen molar-refractivity contribution in [1.29, 1.82) is 0 Å². The number of amides is 1. The summed E-state index contributed by atoms with van der Waals surface area (Å²) in [7, 11) is 1.61. The van der Waals surface area contributed by atoms with Crippen molar-refractivity contribution >= 4 is 17.5 Å². The Labute approximate surface area is 179 Å². The van der Waals surface area contributed by atoms with Crippen LogP contribution in [0.2, 0.25) is 5.02 Å². The van der Waals surface area contributed by atoms with E-state index in [-0.39, 0.29) is 5.91 Å². The summed E-state index contributed by atoms with van der Waals surface area (Å²) in [5, 5.41) is 3.59. The van der Waals surface area contributed by atoms with Gasteiger partial charge in [0.05, 0.1) is 18.9 Å². The number of carbonyl (C=O) groups is 1. The molecule has 0 spiro atoms. The molecule has 0 unspecified atom stereocenters. The Kier molecular flexibility index (Phi) is 5.82. The van der Waals surface area contributed by atoms with E-state index in [9.17, 15) is 4.79 Å². The molecule has 0 bridgehead atoms. The zero-order valence-electron chi connectivity index (χ0n) is 16.3. The van der Waals surface area contributed by atoms with Crippen LogP contribution in [0.4, 0.5) is 0 Å². The Morgan fingerprint density at radius 1 is 1.03 bits per heavy atom. The van der Waals surface area contributed by atoms with Crippen molar-refractivity contribution in [3.63, 3.8) is 0 Å². The van der Waals surface area contributed by atoms with Crippen molar-refractivity contribution in [2.45, 2.75) is 6.54 Å². The number of oxazole rings is 1. The van der Waals surface area contributed by atoms with E-state index >= 15 is 0 Å². The van der Waals surface area contributed by atoms with E-state index in [1.54, 1.807) is 31.5 Å². The number of halogens is 1. The normalized spacial score (nSPS) is 10.6. The molecule has 1 amide bonds. The first-order chi connectivity index (χ1) is 14.7. The molecule has 0 saturated carbocycles. The van der Waals surface area contributed by atoms with Gasteiger partial charge in [-0.1, -0.05) is 41.9 Å². The SMILES string of the molecule is COc1ccccc1CNC(=O)c1ccccc1-c1ncc(-c2ccc(Cl)cc2)o1. The molecule has 0 atom stereocenters. The smallest absolute Gasteiger partial charge is 0.252 e. The molecule has 30 heavy (non-hydrogen) atoms. The van der Waals surface area contributed by atoms with Crippen molar-refractivity contribution in [2.24, 2.45) is 0 Å². The fourth-order valence-corrected chi connectivity index (χ4v) is 3.26. The first-order valence-corrected chi connectivity index (χ1v) is 9.75. The molecular formula is C24H19ClN2O3. The van der Waals surface area contributed by atoms with E-state index in [4.69, 9.17) is 20.8 Å². The van der Waals surface area contributed by atoms with Gasteiger partial charge in [-0.15, -0.1) is 0 Å². The molecule has 0 aliphatic rings. The predicted molar refractivity (Wildman–Crippen MR) is 117 cm³/mol. The lowest BCUT2D eigenvalue weighted by Gasteiger charge is -2.11. The van der Waals surface area contributed by atoms with Crippen LogP contribution in [0.5, 0.6) is 5.75 Å². The molecule has 0 aliphatic carbocycles. The maximum Gasteiger partial charge on any atom is 0.252 e. The molecule has 4 rings (SSSR count). The summed E-state index contributed by atoms with van der Waals surface area (Å²) in [5.41, 5.74) is 2.86. The maximum atomic E-state index is 12.9. The first kappa shape index (κ1) is 19.7. The molecule has 0 fully saturated rings. The first-order valence-electron chi connectivity index (χ1n) is 9.37. The van der Waals surface area contributed by atoms with Crippen LogP contribution in [-0.4, -0.2) is 18.0 Å². The number of methoxy groups -OCH3 is 1. The molecule has 150 valence electrons. The molecular weight excluding hydrogens is 400 g/mol. The third-order valence-corrected chi connectivity index (χ3v) is 4.92. The summed E-state index contributed by atoms with van der Waals surface area (Å²) in [6.07, 6.45) is 1.64. The number of ether oxygens (including phenoxy) is 1. The van der Waals surface area contributed by atoms with Gasteiger partial charge in [0.15, 0.2) is 5.76 Å². The van der Waals surface area contributed by atoms with Gasteiger partial charge >= 0.3 is 0 Å². The van der Waals surface area contributed by atoms with Gasteiger partial charge in [0, 0.05) is 28.3 Å². The standard InChI is InChI=1S/C24H19ClN2O3/c1-29-21-9-5-2-6-17(21)14-26-23(28)19-7-3-4-8-20(19)24-27-15-22(30-24)16-10-12-18(25)13-11-16/h2-13,15H,14H2,1H3,(H,26,28). The fourth-order valence-electron chi connectivity index (χ4n) is 3.13. The summed E-state index contributed by atoms with van der Waals surface area (Å²) in [5.74, 6) is 1.49. The minimum absolute atomic E-state index is 0.220. The second-order valence-corrected chi connectivity index (χ2v) is 7.01. The van der Waals surface area contributed by atoms with E-state index in [2.05, 4.69) is 10.3 Å². The number of nitrogens with zero attached hydrogens (tertiary/aromatic N) is 1.